The summed E-state index contributed by atoms with van der Waals surface area (Å²) in [4.78, 5) is 16.6. The Balaban J connectivity index is 1.88. The van der Waals surface area contributed by atoms with Crippen LogP contribution < -0.4 is 10.5 Å². The van der Waals surface area contributed by atoms with E-state index in [1.165, 1.54) is 5.56 Å². The van der Waals surface area contributed by atoms with E-state index in [0.717, 1.165) is 31.9 Å². The highest BCUT2D eigenvalue weighted by molar-refractivity contribution is 5.76. The van der Waals surface area contributed by atoms with Crippen LogP contribution in [0.25, 0.3) is 0 Å². The summed E-state index contributed by atoms with van der Waals surface area (Å²) < 4.78 is 10.5. The van der Waals surface area contributed by atoms with Crippen molar-refractivity contribution in [2.24, 2.45) is 5.73 Å². The Kier molecular flexibility index (Phi) is 7.02. The number of rotatable bonds is 7. The van der Waals surface area contributed by atoms with E-state index in [0.29, 0.717) is 19.0 Å². The van der Waals surface area contributed by atoms with E-state index >= 15 is 0 Å². The summed E-state index contributed by atoms with van der Waals surface area (Å²) in [6.07, 6.45) is 0.171. The predicted octanol–water partition coefficient (Wildman–Crippen LogP) is 1.26. The number of nitrogens with zero attached hydrogens (tertiary/aromatic N) is 2. The Hall–Kier alpha value is -1.63. The van der Waals surface area contributed by atoms with Gasteiger partial charge in [0.25, 0.3) is 0 Å². The number of hydrogen-bond donors (Lipinski definition) is 1. The maximum atomic E-state index is 12.3. The SMILES string of the molecule is COc1cccc(C(C)N2CCN(C(=O)CC(CN)OC)CC2)c1. The number of hydrogen-bond acceptors (Lipinski definition) is 5. The third-order valence-corrected chi connectivity index (χ3v) is 4.79. The fourth-order valence-corrected chi connectivity index (χ4v) is 3.06. The van der Waals surface area contributed by atoms with Crippen LogP contribution in [0.15, 0.2) is 24.3 Å². The lowest BCUT2D eigenvalue weighted by molar-refractivity contribution is -0.135. The Morgan fingerprint density at radius 2 is 1.96 bits per heavy atom. The number of carbonyl (C=O) groups is 1. The molecule has 2 rings (SSSR count). The first-order valence-electron chi connectivity index (χ1n) is 8.47. The Labute approximate surface area is 144 Å². The molecule has 6 heteroatoms. The minimum absolute atomic E-state index is 0.126. The summed E-state index contributed by atoms with van der Waals surface area (Å²) in [5, 5.41) is 0. The molecule has 6 nitrogen and oxygen atoms in total. The molecular weight excluding hydrogens is 306 g/mol. The lowest BCUT2D eigenvalue weighted by atomic mass is 10.1. The van der Waals surface area contributed by atoms with Crippen molar-refractivity contribution in [3.05, 3.63) is 29.8 Å². The van der Waals surface area contributed by atoms with Gasteiger partial charge in [-0.05, 0) is 24.6 Å². The lowest BCUT2D eigenvalue weighted by Gasteiger charge is -2.38. The highest BCUT2D eigenvalue weighted by Gasteiger charge is 2.26. The highest BCUT2D eigenvalue weighted by atomic mass is 16.5. The van der Waals surface area contributed by atoms with E-state index in [9.17, 15) is 4.79 Å². The van der Waals surface area contributed by atoms with Crippen molar-refractivity contribution >= 4 is 5.91 Å². The Bertz CT molecular complexity index is 526. The van der Waals surface area contributed by atoms with Gasteiger partial charge in [0, 0.05) is 45.9 Å². The second kappa shape index (κ2) is 9.01. The molecule has 1 amide bonds. The number of carbonyl (C=O) groups excluding carboxylic acids is 1. The van der Waals surface area contributed by atoms with Gasteiger partial charge in [-0.15, -0.1) is 0 Å². The van der Waals surface area contributed by atoms with Gasteiger partial charge in [-0.25, -0.2) is 0 Å². The summed E-state index contributed by atoms with van der Waals surface area (Å²) >= 11 is 0. The van der Waals surface area contributed by atoms with Crippen molar-refractivity contribution in [1.29, 1.82) is 0 Å². The number of nitrogens with two attached hydrogens (primary N) is 1. The number of ether oxygens (including phenoxy) is 2. The summed E-state index contributed by atoms with van der Waals surface area (Å²) in [5.74, 6) is 1.00. The van der Waals surface area contributed by atoms with Crippen molar-refractivity contribution in [2.45, 2.75) is 25.5 Å². The van der Waals surface area contributed by atoms with Gasteiger partial charge in [0.1, 0.15) is 5.75 Å². The van der Waals surface area contributed by atoms with Crippen LogP contribution in [-0.4, -0.2) is 68.8 Å². The predicted molar refractivity (Wildman–Crippen MR) is 94.0 cm³/mol. The minimum Gasteiger partial charge on any atom is -0.497 e. The fourth-order valence-electron chi connectivity index (χ4n) is 3.06. The van der Waals surface area contributed by atoms with Gasteiger partial charge in [-0.1, -0.05) is 12.1 Å². The van der Waals surface area contributed by atoms with Crippen molar-refractivity contribution in [3.8, 4) is 5.75 Å². The zero-order chi connectivity index (χ0) is 17.5. The largest absolute Gasteiger partial charge is 0.497 e. The van der Waals surface area contributed by atoms with Crippen molar-refractivity contribution in [1.82, 2.24) is 9.80 Å². The summed E-state index contributed by atoms with van der Waals surface area (Å²) in [6.45, 7) is 5.79. The summed E-state index contributed by atoms with van der Waals surface area (Å²) in [5.41, 5.74) is 6.83. The maximum absolute atomic E-state index is 12.3. The zero-order valence-electron chi connectivity index (χ0n) is 14.9. The Morgan fingerprint density at radius 3 is 2.54 bits per heavy atom. The molecule has 2 unspecified atom stereocenters. The molecule has 0 saturated carbocycles. The van der Waals surface area contributed by atoms with E-state index in [2.05, 4.69) is 24.0 Å². The normalized spacial score (nSPS) is 18.2. The molecular formula is C18H29N3O3. The van der Waals surface area contributed by atoms with E-state index in [1.807, 2.05) is 17.0 Å². The van der Waals surface area contributed by atoms with Gasteiger partial charge < -0.3 is 20.1 Å². The fraction of sp³-hybridized carbons (Fsp3) is 0.611. The Morgan fingerprint density at radius 1 is 1.25 bits per heavy atom. The van der Waals surface area contributed by atoms with Crippen LogP contribution in [0, 0.1) is 0 Å². The molecule has 0 aliphatic carbocycles. The van der Waals surface area contributed by atoms with Gasteiger partial charge in [0.15, 0.2) is 0 Å². The number of benzene rings is 1. The quantitative estimate of drug-likeness (QED) is 0.813. The average molecular weight is 335 g/mol. The number of methoxy groups -OCH3 is 2. The molecule has 2 N–H and O–H groups in total. The maximum Gasteiger partial charge on any atom is 0.225 e. The first-order chi connectivity index (χ1) is 11.6. The molecule has 1 heterocycles. The number of piperazine rings is 1. The van der Waals surface area contributed by atoms with E-state index in [4.69, 9.17) is 15.2 Å². The molecule has 1 aromatic carbocycles. The lowest BCUT2D eigenvalue weighted by Crippen LogP contribution is -2.50. The average Bonchev–Trinajstić information content (AvgIpc) is 2.65. The van der Waals surface area contributed by atoms with Crippen LogP contribution in [0.3, 0.4) is 0 Å². The van der Waals surface area contributed by atoms with Crippen molar-refractivity contribution in [2.75, 3.05) is 46.9 Å². The third kappa shape index (κ3) is 4.69. The van der Waals surface area contributed by atoms with Crippen molar-refractivity contribution in [3.63, 3.8) is 0 Å². The molecule has 1 aliphatic rings. The molecule has 0 bridgehead atoms. The second-order valence-electron chi connectivity index (χ2n) is 6.17. The first-order valence-corrected chi connectivity index (χ1v) is 8.47. The van der Waals surface area contributed by atoms with Gasteiger partial charge in [0.05, 0.1) is 19.6 Å². The van der Waals surface area contributed by atoms with Gasteiger partial charge in [0.2, 0.25) is 5.91 Å². The van der Waals surface area contributed by atoms with Crippen LogP contribution in [0.2, 0.25) is 0 Å². The molecule has 24 heavy (non-hydrogen) atoms. The van der Waals surface area contributed by atoms with Gasteiger partial charge in [-0.2, -0.15) is 0 Å². The molecule has 1 fully saturated rings. The monoisotopic (exact) mass is 335 g/mol. The topological polar surface area (TPSA) is 68.0 Å². The molecule has 0 aromatic heterocycles. The zero-order valence-corrected chi connectivity index (χ0v) is 14.9. The van der Waals surface area contributed by atoms with Crippen molar-refractivity contribution < 1.29 is 14.3 Å². The number of amides is 1. The molecule has 0 radical (unpaired) electrons. The van der Waals surface area contributed by atoms with E-state index < -0.39 is 0 Å². The van der Waals surface area contributed by atoms with Crippen LogP contribution in [-0.2, 0) is 9.53 Å². The highest BCUT2D eigenvalue weighted by Crippen LogP contribution is 2.25. The summed E-state index contributed by atoms with van der Waals surface area (Å²) in [7, 11) is 3.28. The smallest absolute Gasteiger partial charge is 0.225 e. The molecule has 0 spiro atoms. The van der Waals surface area contributed by atoms with Crippen LogP contribution in [0.1, 0.15) is 24.9 Å². The molecule has 1 saturated heterocycles. The van der Waals surface area contributed by atoms with Crippen LogP contribution in [0.5, 0.6) is 5.75 Å². The van der Waals surface area contributed by atoms with Gasteiger partial charge >= 0.3 is 0 Å². The van der Waals surface area contributed by atoms with E-state index in [1.54, 1.807) is 14.2 Å². The minimum atomic E-state index is -0.189. The van der Waals surface area contributed by atoms with E-state index in [-0.39, 0.29) is 12.0 Å². The molecule has 2 atom stereocenters. The second-order valence-corrected chi connectivity index (χ2v) is 6.17. The summed E-state index contributed by atoms with van der Waals surface area (Å²) in [6, 6.07) is 8.47. The molecule has 1 aliphatic heterocycles. The third-order valence-electron chi connectivity index (χ3n) is 4.79. The molecule has 134 valence electrons. The van der Waals surface area contributed by atoms with Gasteiger partial charge in [-0.3, -0.25) is 9.69 Å². The first kappa shape index (κ1) is 18.7. The van der Waals surface area contributed by atoms with Crippen LogP contribution in [0.4, 0.5) is 0 Å². The molecule has 1 aromatic rings. The standard InChI is InChI=1S/C18H29N3O3/c1-14(15-5-4-6-16(11-15)23-2)20-7-9-21(10-8-20)18(22)12-17(13-19)24-3/h4-6,11,14,17H,7-10,12-13,19H2,1-3H3. The van der Waals surface area contributed by atoms with Crippen LogP contribution >= 0.6 is 0 Å².